The number of benzene rings is 2. The minimum Gasteiger partial charge on any atom is -0.331 e. The topological polar surface area (TPSA) is 37.4 Å². The Morgan fingerprint density at radius 1 is 1.00 bits per heavy atom. The largest absolute Gasteiger partial charge is 0.331 e. The minimum absolute atomic E-state index is 0.0576. The van der Waals surface area contributed by atoms with Gasteiger partial charge in [-0.05, 0) is 36.5 Å². The van der Waals surface area contributed by atoms with E-state index in [0.29, 0.717) is 18.5 Å². The van der Waals surface area contributed by atoms with E-state index in [0.717, 1.165) is 31.1 Å². The Hall–Kier alpha value is -2.42. The number of carbonyl (C=O) groups excluding carboxylic acids is 2. The SMILES string of the molecule is O=CC[C@@H]1CCC[C@@H]1N(Cc1ccccc1)C(=O)c1ccccc1. The Morgan fingerprint density at radius 3 is 2.33 bits per heavy atom. The number of hydrogen-bond acceptors (Lipinski definition) is 2. The van der Waals surface area contributed by atoms with Crippen molar-refractivity contribution in [1.82, 2.24) is 4.90 Å². The van der Waals surface area contributed by atoms with Crippen LogP contribution in [0, 0.1) is 5.92 Å². The van der Waals surface area contributed by atoms with Gasteiger partial charge in [-0.1, -0.05) is 55.0 Å². The third-order valence-electron chi connectivity index (χ3n) is 4.90. The number of rotatable bonds is 6. The Balaban J connectivity index is 1.88. The van der Waals surface area contributed by atoms with Crippen LogP contribution in [-0.4, -0.2) is 23.1 Å². The van der Waals surface area contributed by atoms with Crippen LogP contribution < -0.4 is 0 Å². The quantitative estimate of drug-likeness (QED) is 0.752. The zero-order valence-corrected chi connectivity index (χ0v) is 13.8. The van der Waals surface area contributed by atoms with Crippen molar-refractivity contribution >= 4 is 12.2 Å². The first-order chi connectivity index (χ1) is 11.8. The predicted octanol–water partition coefficient (Wildman–Crippen LogP) is 4.09. The molecule has 0 unspecified atom stereocenters. The van der Waals surface area contributed by atoms with Crippen LogP contribution in [0.25, 0.3) is 0 Å². The molecule has 3 rings (SSSR count). The van der Waals surface area contributed by atoms with Crippen LogP contribution in [0.4, 0.5) is 0 Å². The highest BCUT2D eigenvalue weighted by Gasteiger charge is 2.34. The fraction of sp³-hybridized carbons (Fsp3) is 0.333. The van der Waals surface area contributed by atoms with Crippen molar-refractivity contribution in [1.29, 1.82) is 0 Å². The summed E-state index contributed by atoms with van der Waals surface area (Å²) in [7, 11) is 0. The predicted molar refractivity (Wildman–Crippen MR) is 94.6 cm³/mol. The zero-order valence-electron chi connectivity index (χ0n) is 13.8. The monoisotopic (exact) mass is 321 g/mol. The Morgan fingerprint density at radius 2 is 1.67 bits per heavy atom. The number of hydrogen-bond donors (Lipinski definition) is 0. The van der Waals surface area contributed by atoms with E-state index in [1.807, 2.05) is 53.4 Å². The Labute approximate surface area is 143 Å². The molecule has 2 aromatic rings. The lowest BCUT2D eigenvalue weighted by Crippen LogP contribution is -2.42. The molecule has 0 saturated heterocycles. The summed E-state index contributed by atoms with van der Waals surface area (Å²) >= 11 is 0. The molecule has 0 radical (unpaired) electrons. The standard InChI is InChI=1S/C21H23NO2/c23-15-14-18-12-7-13-20(18)22(16-17-8-3-1-4-9-17)21(24)19-10-5-2-6-11-19/h1-6,8-11,15,18,20H,7,12-14,16H2/t18-,20-/m0/s1. The van der Waals surface area contributed by atoms with Gasteiger partial charge in [-0.15, -0.1) is 0 Å². The van der Waals surface area contributed by atoms with E-state index in [1.54, 1.807) is 0 Å². The van der Waals surface area contributed by atoms with E-state index in [2.05, 4.69) is 12.1 Å². The average Bonchev–Trinajstić information content (AvgIpc) is 3.09. The van der Waals surface area contributed by atoms with Gasteiger partial charge in [0.1, 0.15) is 6.29 Å². The first kappa shape index (κ1) is 16.4. The molecule has 3 heteroatoms. The molecule has 24 heavy (non-hydrogen) atoms. The fourth-order valence-corrected chi connectivity index (χ4v) is 3.69. The van der Waals surface area contributed by atoms with Gasteiger partial charge in [-0.2, -0.15) is 0 Å². The molecule has 124 valence electrons. The van der Waals surface area contributed by atoms with Crippen molar-refractivity contribution in [3.05, 3.63) is 71.8 Å². The number of amides is 1. The zero-order chi connectivity index (χ0) is 16.8. The summed E-state index contributed by atoms with van der Waals surface area (Å²) in [5.41, 5.74) is 1.84. The Bertz CT molecular complexity index is 669. The van der Waals surface area contributed by atoms with Crippen molar-refractivity contribution < 1.29 is 9.59 Å². The number of carbonyl (C=O) groups is 2. The molecule has 1 fully saturated rings. The van der Waals surface area contributed by atoms with Crippen LogP contribution in [0.15, 0.2) is 60.7 Å². The first-order valence-electron chi connectivity index (χ1n) is 8.63. The normalized spacial score (nSPS) is 19.8. The maximum absolute atomic E-state index is 13.1. The summed E-state index contributed by atoms with van der Waals surface area (Å²) in [6.07, 6.45) is 4.62. The molecule has 1 saturated carbocycles. The average molecular weight is 321 g/mol. The molecule has 3 nitrogen and oxygen atoms in total. The van der Waals surface area contributed by atoms with Crippen LogP contribution in [0.2, 0.25) is 0 Å². The lowest BCUT2D eigenvalue weighted by atomic mass is 9.97. The molecular weight excluding hydrogens is 298 g/mol. The van der Waals surface area contributed by atoms with Gasteiger partial charge >= 0.3 is 0 Å². The van der Waals surface area contributed by atoms with Crippen molar-refractivity contribution in [3.63, 3.8) is 0 Å². The van der Waals surface area contributed by atoms with Gasteiger partial charge in [0.2, 0.25) is 0 Å². The maximum Gasteiger partial charge on any atom is 0.254 e. The molecule has 2 atom stereocenters. The lowest BCUT2D eigenvalue weighted by Gasteiger charge is -2.33. The molecule has 0 aromatic heterocycles. The number of nitrogens with zero attached hydrogens (tertiary/aromatic N) is 1. The first-order valence-corrected chi connectivity index (χ1v) is 8.63. The lowest BCUT2D eigenvalue weighted by molar-refractivity contribution is -0.108. The van der Waals surface area contributed by atoms with Gasteiger partial charge in [0, 0.05) is 24.6 Å². The van der Waals surface area contributed by atoms with E-state index in [-0.39, 0.29) is 17.9 Å². The van der Waals surface area contributed by atoms with Crippen LogP contribution in [-0.2, 0) is 11.3 Å². The second kappa shape index (κ2) is 7.91. The van der Waals surface area contributed by atoms with Crippen molar-refractivity contribution in [3.8, 4) is 0 Å². The van der Waals surface area contributed by atoms with Crippen LogP contribution in [0.3, 0.4) is 0 Å². The molecular formula is C21H23NO2. The fourth-order valence-electron chi connectivity index (χ4n) is 3.69. The van der Waals surface area contributed by atoms with Gasteiger partial charge in [0.15, 0.2) is 0 Å². The van der Waals surface area contributed by atoms with Gasteiger partial charge in [0.25, 0.3) is 5.91 Å². The van der Waals surface area contributed by atoms with Crippen molar-refractivity contribution in [2.24, 2.45) is 5.92 Å². The molecule has 1 amide bonds. The van der Waals surface area contributed by atoms with E-state index in [4.69, 9.17) is 0 Å². The summed E-state index contributed by atoms with van der Waals surface area (Å²) in [4.78, 5) is 26.1. The van der Waals surface area contributed by atoms with Crippen LogP contribution in [0.5, 0.6) is 0 Å². The molecule has 0 spiro atoms. The van der Waals surface area contributed by atoms with Crippen LogP contribution >= 0.6 is 0 Å². The second-order valence-electron chi connectivity index (χ2n) is 6.45. The molecule has 2 aromatic carbocycles. The smallest absolute Gasteiger partial charge is 0.254 e. The van der Waals surface area contributed by atoms with E-state index < -0.39 is 0 Å². The van der Waals surface area contributed by atoms with Gasteiger partial charge < -0.3 is 9.69 Å². The van der Waals surface area contributed by atoms with E-state index in [9.17, 15) is 9.59 Å². The van der Waals surface area contributed by atoms with Crippen molar-refractivity contribution in [2.75, 3.05) is 0 Å². The Kier molecular flexibility index (Phi) is 5.42. The summed E-state index contributed by atoms with van der Waals surface area (Å²) in [6.45, 7) is 0.592. The van der Waals surface area contributed by atoms with Crippen molar-refractivity contribution in [2.45, 2.75) is 38.3 Å². The molecule has 0 bridgehead atoms. The molecule has 0 aliphatic heterocycles. The highest BCUT2D eigenvalue weighted by molar-refractivity contribution is 5.94. The van der Waals surface area contributed by atoms with E-state index in [1.165, 1.54) is 0 Å². The second-order valence-corrected chi connectivity index (χ2v) is 6.45. The highest BCUT2D eigenvalue weighted by atomic mass is 16.2. The van der Waals surface area contributed by atoms with Gasteiger partial charge in [-0.25, -0.2) is 0 Å². The van der Waals surface area contributed by atoms with Gasteiger partial charge in [0.05, 0.1) is 0 Å². The van der Waals surface area contributed by atoms with E-state index >= 15 is 0 Å². The molecule has 0 N–H and O–H groups in total. The van der Waals surface area contributed by atoms with Gasteiger partial charge in [-0.3, -0.25) is 4.79 Å². The molecule has 0 heterocycles. The molecule has 1 aliphatic carbocycles. The van der Waals surface area contributed by atoms with Crippen LogP contribution in [0.1, 0.15) is 41.6 Å². The number of aldehydes is 1. The summed E-state index contributed by atoms with van der Waals surface area (Å²) in [5, 5.41) is 0. The third kappa shape index (κ3) is 3.73. The minimum atomic E-state index is 0.0576. The molecule has 1 aliphatic rings. The maximum atomic E-state index is 13.1. The summed E-state index contributed by atoms with van der Waals surface area (Å²) < 4.78 is 0. The third-order valence-corrected chi connectivity index (χ3v) is 4.90. The summed E-state index contributed by atoms with van der Waals surface area (Å²) in [6, 6.07) is 19.7. The summed E-state index contributed by atoms with van der Waals surface area (Å²) in [5.74, 6) is 0.334. The highest BCUT2D eigenvalue weighted by Crippen LogP contribution is 2.33.